The van der Waals surface area contributed by atoms with Crippen LogP contribution in [0.4, 0.5) is 5.82 Å². The van der Waals surface area contributed by atoms with Crippen molar-refractivity contribution in [1.82, 2.24) is 4.98 Å². The summed E-state index contributed by atoms with van der Waals surface area (Å²) in [4.78, 5) is 4.44. The minimum absolute atomic E-state index is 0.138. The molecule has 0 spiro atoms. The molecule has 0 radical (unpaired) electrons. The predicted octanol–water partition coefficient (Wildman–Crippen LogP) is 2.78. The maximum absolute atomic E-state index is 5.84. The molecule has 3 N–H and O–H groups in total. The number of ether oxygens (including phenoxy) is 1. The summed E-state index contributed by atoms with van der Waals surface area (Å²) >= 11 is 0. The molecular weight excluding hydrogens is 238 g/mol. The molecule has 1 unspecified atom stereocenters. The van der Waals surface area contributed by atoms with E-state index in [9.17, 15) is 0 Å². The van der Waals surface area contributed by atoms with Gasteiger partial charge in [0.05, 0.1) is 7.11 Å². The van der Waals surface area contributed by atoms with Gasteiger partial charge in [-0.2, -0.15) is 0 Å². The number of benzene rings is 1. The highest BCUT2D eigenvalue weighted by Crippen LogP contribution is 2.27. The molecule has 1 heterocycles. The molecule has 4 nitrogen and oxygen atoms in total. The third-order valence-corrected chi connectivity index (χ3v) is 3.62. The molecule has 2 rings (SSSR count). The van der Waals surface area contributed by atoms with Crippen LogP contribution in [-0.4, -0.2) is 24.2 Å². The molecular formula is C15H21N3O. The molecule has 0 amide bonds. The van der Waals surface area contributed by atoms with Gasteiger partial charge in [-0.1, -0.05) is 6.92 Å². The molecule has 0 bridgehead atoms. The van der Waals surface area contributed by atoms with Crippen molar-refractivity contribution in [3.05, 3.63) is 30.5 Å². The van der Waals surface area contributed by atoms with E-state index in [0.29, 0.717) is 6.54 Å². The van der Waals surface area contributed by atoms with E-state index in [4.69, 9.17) is 10.5 Å². The van der Waals surface area contributed by atoms with Crippen LogP contribution in [0, 0.1) is 0 Å². The highest BCUT2D eigenvalue weighted by atomic mass is 16.5. The van der Waals surface area contributed by atoms with Crippen molar-refractivity contribution >= 4 is 16.6 Å². The van der Waals surface area contributed by atoms with Crippen molar-refractivity contribution in [3.8, 4) is 5.75 Å². The van der Waals surface area contributed by atoms with Crippen LogP contribution in [0.15, 0.2) is 30.5 Å². The predicted molar refractivity (Wildman–Crippen MR) is 79.7 cm³/mol. The van der Waals surface area contributed by atoms with Gasteiger partial charge in [-0.3, -0.25) is 0 Å². The second-order valence-electron chi connectivity index (χ2n) is 4.99. The first-order valence-corrected chi connectivity index (χ1v) is 6.53. The lowest BCUT2D eigenvalue weighted by atomic mass is 9.99. The summed E-state index contributed by atoms with van der Waals surface area (Å²) < 4.78 is 5.24. The number of methoxy groups -OCH3 is 1. The Morgan fingerprint density at radius 3 is 2.79 bits per heavy atom. The molecule has 0 saturated heterocycles. The van der Waals surface area contributed by atoms with Gasteiger partial charge >= 0.3 is 0 Å². The van der Waals surface area contributed by atoms with E-state index in [1.165, 1.54) is 0 Å². The third kappa shape index (κ3) is 2.79. The molecule has 0 aliphatic rings. The topological polar surface area (TPSA) is 60.2 Å². The van der Waals surface area contributed by atoms with Crippen LogP contribution in [0.2, 0.25) is 0 Å². The highest BCUT2D eigenvalue weighted by Gasteiger charge is 2.20. The van der Waals surface area contributed by atoms with E-state index in [-0.39, 0.29) is 5.54 Å². The molecule has 0 fully saturated rings. The van der Waals surface area contributed by atoms with E-state index < -0.39 is 0 Å². The summed E-state index contributed by atoms with van der Waals surface area (Å²) in [5.41, 5.74) is 5.71. The average Bonchev–Trinajstić information content (AvgIpc) is 2.46. The van der Waals surface area contributed by atoms with Crippen molar-refractivity contribution in [2.45, 2.75) is 25.8 Å². The number of fused-ring (bicyclic) bond motifs is 1. The van der Waals surface area contributed by atoms with E-state index in [0.717, 1.165) is 28.8 Å². The number of hydrogen-bond donors (Lipinski definition) is 2. The van der Waals surface area contributed by atoms with Gasteiger partial charge in [0.25, 0.3) is 0 Å². The standard InChI is InChI=1S/C15H21N3O/c1-4-15(2,10-16)18-14-13-6-5-12(19-3)9-11(13)7-8-17-14/h5-9H,4,10,16H2,1-3H3,(H,17,18). The van der Waals surface area contributed by atoms with Gasteiger partial charge in [0.15, 0.2) is 0 Å². The molecule has 19 heavy (non-hydrogen) atoms. The lowest BCUT2D eigenvalue weighted by Crippen LogP contribution is -2.42. The summed E-state index contributed by atoms with van der Waals surface area (Å²) in [6.45, 7) is 4.79. The maximum atomic E-state index is 5.84. The second kappa shape index (κ2) is 5.45. The Bertz CT molecular complexity index is 564. The van der Waals surface area contributed by atoms with Gasteiger partial charge in [-0.25, -0.2) is 4.98 Å². The van der Waals surface area contributed by atoms with Crippen LogP contribution < -0.4 is 15.8 Å². The lowest BCUT2D eigenvalue weighted by molar-refractivity contribution is 0.415. The van der Waals surface area contributed by atoms with E-state index >= 15 is 0 Å². The first-order chi connectivity index (χ1) is 9.11. The largest absolute Gasteiger partial charge is 0.497 e. The fourth-order valence-corrected chi connectivity index (χ4v) is 1.95. The third-order valence-electron chi connectivity index (χ3n) is 3.62. The number of nitrogens with two attached hydrogens (primary N) is 1. The second-order valence-corrected chi connectivity index (χ2v) is 4.99. The van der Waals surface area contributed by atoms with Crippen LogP contribution in [0.3, 0.4) is 0 Å². The van der Waals surface area contributed by atoms with Crippen molar-refractivity contribution in [2.24, 2.45) is 5.73 Å². The number of hydrogen-bond acceptors (Lipinski definition) is 4. The zero-order chi connectivity index (χ0) is 13.9. The summed E-state index contributed by atoms with van der Waals surface area (Å²) in [7, 11) is 1.67. The smallest absolute Gasteiger partial charge is 0.134 e. The fourth-order valence-electron chi connectivity index (χ4n) is 1.95. The van der Waals surface area contributed by atoms with E-state index in [1.54, 1.807) is 13.3 Å². The average molecular weight is 259 g/mol. The van der Waals surface area contributed by atoms with Crippen LogP contribution in [0.1, 0.15) is 20.3 Å². The van der Waals surface area contributed by atoms with Gasteiger partial charge in [-0.15, -0.1) is 0 Å². The molecule has 1 atom stereocenters. The Balaban J connectivity index is 2.44. The Hall–Kier alpha value is -1.81. The normalized spacial score (nSPS) is 14.1. The minimum Gasteiger partial charge on any atom is -0.497 e. The fraction of sp³-hybridized carbons (Fsp3) is 0.400. The van der Waals surface area contributed by atoms with Crippen LogP contribution in [-0.2, 0) is 0 Å². The highest BCUT2D eigenvalue weighted by molar-refractivity contribution is 5.92. The van der Waals surface area contributed by atoms with Crippen molar-refractivity contribution in [2.75, 3.05) is 19.0 Å². The lowest BCUT2D eigenvalue weighted by Gasteiger charge is -2.29. The Morgan fingerprint density at radius 2 is 2.16 bits per heavy atom. The summed E-state index contributed by atoms with van der Waals surface area (Å²) in [5, 5.41) is 5.64. The Kier molecular flexibility index (Phi) is 3.90. The van der Waals surface area contributed by atoms with Crippen LogP contribution in [0.25, 0.3) is 10.8 Å². The molecule has 0 saturated carbocycles. The molecule has 0 aliphatic heterocycles. The molecule has 102 valence electrons. The number of aromatic nitrogens is 1. The van der Waals surface area contributed by atoms with Gasteiger partial charge in [0.2, 0.25) is 0 Å². The number of anilines is 1. The zero-order valence-corrected chi connectivity index (χ0v) is 11.7. The number of rotatable bonds is 5. The van der Waals surface area contributed by atoms with Crippen molar-refractivity contribution < 1.29 is 4.74 Å². The van der Waals surface area contributed by atoms with E-state index in [1.807, 2.05) is 24.3 Å². The maximum Gasteiger partial charge on any atom is 0.134 e. The first kappa shape index (κ1) is 13.6. The van der Waals surface area contributed by atoms with Gasteiger partial charge in [0, 0.05) is 23.7 Å². The van der Waals surface area contributed by atoms with Crippen molar-refractivity contribution in [1.29, 1.82) is 0 Å². The SMILES string of the molecule is CCC(C)(CN)Nc1nccc2cc(OC)ccc12. The molecule has 0 aliphatic carbocycles. The minimum atomic E-state index is -0.138. The van der Waals surface area contributed by atoms with E-state index in [2.05, 4.69) is 24.1 Å². The number of pyridine rings is 1. The van der Waals surface area contributed by atoms with Gasteiger partial charge in [-0.05, 0) is 43.0 Å². The number of nitrogens with zero attached hydrogens (tertiary/aromatic N) is 1. The summed E-state index contributed by atoms with van der Waals surface area (Å²) in [6.07, 6.45) is 2.74. The monoisotopic (exact) mass is 259 g/mol. The Labute approximate surface area is 114 Å². The number of nitrogens with one attached hydrogen (secondary N) is 1. The summed E-state index contributed by atoms with van der Waals surface area (Å²) in [6, 6.07) is 7.96. The summed E-state index contributed by atoms with van der Waals surface area (Å²) in [5.74, 6) is 1.72. The molecule has 1 aromatic carbocycles. The van der Waals surface area contributed by atoms with Crippen molar-refractivity contribution in [3.63, 3.8) is 0 Å². The van der Waals surface area contributed by atoms with Gasteiger partial charge < -0.3 is 15.8 Å². The molecule has 2 aromatic rings. The zero-order valence-electron chi connectivity index (χ0n) is 11.7. The van der Waals surface area contributed by atoms with Crippen LogP contribution >= 0.6 is 0 Å². The quantitative estimate of drug-likeness (QED) is 0.866. The molecule has 4 heteroatoms. The first-order valence-electron chi connectivity index (χ1n) is 6.53. The van der Waals surface area contributed by atoms with Crippen LogP contribution in [0.5, 0.6) is 5.75 Å². The van der Waals surface area contributed by atoms with Gasteiger partial charge in [0.1, 0.15) is 11.6 Å². The Morgan fingerprint density at radius 1 is 1.37 bits per heavy atom. The molecule has 1 aromatic heterocycles.